The molecule has 0 aliphatic rings. The average Bonchev–Trinajstić information content (AvgIpc) is 2.35. The first kappa shape index (κ1) is 16.2. The van der Waals surface area contributed by atoms with Crippen molar-refractivity contribution in [2.24, 2.45) is 0 Å². The molecule has 0 fully saturated rings. The van der Waals surface area contributed by atoms with Gasteiger partial charge >= 0.3 is 0 Å². The summed E-state index contributed by atoms with van der Waals surface area (Å²) < 4.78 is 13.2. The van der Waals surface area contributed by atoms with Gasteiger partial charge in [-0.1, -0.05) is 11.8 Å². The molecule has 1 unspecified atom stereocenters. The summed E-state index contributed by atoms with van der Waals surface area (Å²) >= 11 is 0. The van der Waals surface area contributed by atoms with Crippen molar-refractivity contribution < 1.29 is 14.3 Å². The predicted octanol–water partition coefficient (Wildman–Crippen LogP) is 0.849. The highest BCUT2D eigenvalue weighted by atomic mass is 19.1. The van der Waals surface area contributed by atoms with E-state index in [1.165, 1.54) is 18.2 Å². The summed E-state index contributed by atoms with van der Waals surface area (Å²) in [7, 11) is 3.83. The fourth-order valence-electron chi connectivity index (χ4n) is 1.85. The number of rotatable bonds is 4. The van der Waals surface area contributed by atoms with Gasteiger partial charge in [-0.2, -0.15) is 0 Å². The zero-order chi connectivity index (χ0) is 15.1. The number of aliphatic hydroxyl groups excluding tert-OH is 1. The van der Waals surface area contributed by atoms with Gasteiger partial charge in [-0.15, -0.1) is 0 Å². The number of benzene rings is 1. The van der Waals surface area contributed by atoms with E-state index in [9.17, 15) is 9.18 Å². The van der Waals surface area contributed by atoms with Crippen molar-refractivity contribution in [1.29, 1.82) is 0 Å². The zero-order valence-corrected chi connectivity index (χ0v) is 11.9. The number of carbonyl (C=O) groups is 1. The first-order valence-electron chi connectivity index (χ1n) is 6.29. The molecule has 0 bridgehead atoms. The lowest BCUT2D eigenvalue weighted by Crippen LogP contribution is -2.39. The fourth-order valence-corrected chi connectivity index (χ4v) is 1.85. The summed E-state index contributed by atoms with van der Waals surface area (Å²) in [4.78, 5) is 14.1. The zero-order valence-electron chi connectivity index (χ0n) is 11.9. The molecule has 0 aliphatic heterocycles. The number of amides is 1. The third kappa shape index (κ3) is 5.00. The highest BCUT2D eigenvalue weighted by Gasteiger charge is 2.14. The largest absolute Gasteiger partial charge is 0.384 e. The van der Waals surface area contributed by atoms with Crippen LogP contribution in [0.15, 0.2) is 18.2 Å². The first-order chi connectivity index (χ1) is 9.43. The quantitative estimate of drug-likeness (QED) is 0.803. The Balaban J connectivity index is 2.92. The molecule has 5 heteroatoms. The number of carbonyl (C=O) groups excluding carboxylic acids is 1. The van der Waals surface area contributed by atoms with E-state index < -0.39 is 5.82 Å². The van der Waals surface area contributed by atoms with Gasteiger partial charge in [-0.3, -0.25) is 4.79 Å². The Labute approximate surface area is 118 Å². The minimum Gasteiger partial charge on any atom is -0.384 e. The Morgan fingerprint density at radius 3 is 2.80 bits per heavy atom. The smallest absolute Gasteiger partial charge is 0.252 e. The molecule has 0 heterocycles. The van der Waals surface area contributed by atoms with Crippen molar-refractivity contribution in [2.45, 2.75) is 13.0 Å². The molecular weight excluding hydrogens is 259 g/mol. The lowest BCUT2D eigenvalue weighted by molar-refractivity contribution is 0.0934. The average molecular weight is 278 g/mol. The van der Waals surface area contributed by atoms with E-state index in [0.29, 0.717) is 12.1 Å². The fraction of sp³-hybridized carbons (Fsp3) is 0.400. The highest BCUT2D eigenvalue weighted by molar-refractivity contribution is 5.96. The first-order valence-corrected chi connectivity index (χ1v) is 6.29. The monoisotopic (exact) mass is 278 g/mol. The van der Waals surface area contributed by atoms with Gasteiger partial charge in [0.15, 0.2) is 0 Å². The molecular formula is C15H19FN2O2. The van der Waals surface area contributed by atoms with E-state index in [-0.39, 0.29) is 24.1 Å². The number of nitrogens with one attached hydrogen (secondary N) is 1. The molecule has 1 aromatic rings. The Hall–Kier alpha value is -1.90. The highest BCUT2D eigenvalue weighted by Crippen LogP contribution is 2.10. The summed E-state index contributed by atoms with van der Waals surface area (Å²) in [5.41, 5.74) is 0.576. The molecule has 0 spiro atoms. The maximum Gasteiger partial charge on any atom is 0.252 e. The summed E-state index contributed by atoms with van der Waals surface area (Å²) in [5.74, 6) is 4.24. The number of halogens is 1. The summed E-state index contributed by atoms with van der Waals surface area (Å²) in [6.07, 6.45) is 0. The summed E-state index contributed by atoms with van der Waals surface area (Å²) in [6, 6.07) is 3.76. The lowest BCUT2D eigenvalue weighted by atomic mass is 10.1. The number of likely N-dealkylation sites (N-methyl/N-ethyl adjacent to an activating group) is 1. The number of aliphatic hydroxyl groups is 1. The van der Waals surface area contributed by atoms with E-state index >= 15 is 0 Å². The summed E-state index contributed by atoms with van der Waals surface area (Å²) in [5, 5.41) is 11.5. The van der Waals surface area contributed by atoms with Crippen molar-refractivity contribution in [3.8, 4) is 11.8 Å². The van der Waals surface area contributed by atoms with Gasteiger partial charge in [-0.25, -0.2) is 4.39 Å². The van der Waals surface area contributed by atoms with Crippen molar-refractivity contribution in [2.75, 3.05) is 27.2 Å². The SMILES string of the molecule is CC(CN(C)C)NC(=O)c1ccc(F)cc1C#CCO. The second-order valence-electron chi connectivity index (χ2n) is 4.79. The molecule has 0 saturated heterocycles. The van der Waals surface area contributed by atoms with Crippen LogP contribution in [-0.2, 0) is 0 Å². The van der Waals surface area contributed by atoms with Crippen LogP contribution in [-0.4, -0.2) is 49.2 Å². The van der Waals surface area contributed by atoms with E-state index in [1.54, 1.807) is 0 Å². The van der Waals surface area contributed by atoms with Crippen LogP contribution in [0.4, 0.5) is 4.39 Å². The predicted molar refractivity (Wildman–Crippen MR) is 75.8 cm³/mol. The third-order valence-electron chi connectivity index (χ3n) is 2.54. The summed E-state index contributed by atoms with van der Waals surface area (Å²) in [6.45, 7) is 2.25. The van der Waals surface area contributed by atoms with Gasteiger partial charge in [0.1, 0.15) is 12.4 Å². The molecule has 0 radical (unpaired) electrons. The van der Waals surface area contributed by atoms with Crippen LogP contribution in [0.1, 0.15) is 22.8 Å². The lowest BCUT2D eigenvalue weighted by Gasteiger charge is -2.18. The molecule has 1 rings (SSSR count). The third-order valence-corrected chi connectivity index (χ3v) is 2.54. The Kier molecular flexibility index (Phi) is 6.16. The second kappa shape index (κ2) is 7.63. The van der Waals surface area contributed by atoms with Crippen LogP contribution in [0.2, 0.25) is 0 Å². The normalized spacial score (nSPS) is 11.7. The van der Waals surface area contributed by atoms with Crippen molar-refractivity contribution in [3.05, 3.63) is 35.1 Å². The van der Waals surface area contributed by atoms with Crippen LogP contribution in [0, 0.1) is 17.7 Å². The molecule has 2 N–H and O–H groups in total. The van der Waals surface area contributed by atoms with Gasteiger partial charge in [0, 0.05) is 18.2 Å². The molecule has 0 aromatic heterocycles. The number of hydrogen-bond donors (Lipinski definition) is 2. The van der Waals surface area contributed by atoms with Gasteiger partial charge in [0.2, 0.25) is 0 Å². The molecule has 4 nitrogen and oxygen atoms in total. The van der Waals surface area contributed by atoms with Crippen LogP contribution in [0.5, 0.6) is 0 Å². The van der Waals surface area contributed by atoms with Crippen molar-refractivity contribution >= 4 is 5.91 Å². The van der Waals surface area contributed by atoms with E-state index in [2.05, 4.69) is 17.2 Å². The second-order valence-corrected chi connectivity index (χ2v) is 4.79. The molecule has 0 saturated carbocycles. The van der Waals surface area contributed by atoms with E-state index in [4.69, 9.17) is 5.11 Å². The maximum atomic E-state index is 13.2. The van der Waals surface area contributed by atoms with Gasteiger partial charge in [0.25, 0.3) is 5.91 Å². The Bertz CT molecular complexity index is 532. The van der Waals surface area contributed by atoms with Crippen LogP contribution < -0.4 is 5.32 Å². The Morgan fingerprint density at radius 1 is 1.50 bits per heavy atom. The van der Waals surface area contributed by atoms with Gasteiger partial charge in [0.05, 0.1) is 5.56 Å². The number of hydrogen-bond acceptors (Lipinski definition) is 3. The minimum absolute atomic E-state index is 0.0406. The van der Waals surface area contributed by atoms with Crippen LogP contribution in [0.25, 0.3) is 0 Å². The molecule has 108 valence electrons. The molecule has 0 aliphatic carbocycles. The standard InChI is InChI=1S/C15H19FN2O2/c1-11(10-18(2)3)17-15(20)14-7-6-13(16)9-12(14)5-4-8-19/h6-7,9,11,19H,8,10H2,1-3H3,(H,17,20). The van der Waals surface area contributed by atoms with E-state index in [0.717, 1.165) is 0 Å². The van der Waals surface area contributed by atoms with Gasteiger partial charge < -0.3 is 15.3 Å². The minimum atomic E-state index is -0.467. The Morgan fingerprint density at radius 2 is 2.20 bits per heavy atom. The molecule has 20 heavy (non-hydrogen) atoms. The van der Waals surface area contributed by atoms with Gasteiger partial charge in [-0.05, 0) is 39.2 Å². The van der Waals surface area contributed by atoms with Crippen molar-refractivity contribution in [3.63, 3.8) is 0 Å². The molecule has 1 amide bonds. The van der Waals surface area contributed by atoms with Crippen molar-refractivity contribution in [1.82, 2.24) is 10.2 Å². The maximum absolute atomic E-state index is 13.2. The molecule has 1 atom stereocenters. The number of nitrogens with zero attached hydrogens (tertiary/aromatic N) is 1. The topological polar surface area (TPSA) is 52.6 Å². The van der Waals surface area contributed by atoms with Crippen LogP contribution >= 0.6 is 0 Å². The van der Waals surface area contributed by atoms with Crippen LogP contribution in [0.3, 0.4) is 0 Å². The molecule has 1 aromatic carbocycles. The van der Waals surface area contributed by atoms with E-state index in [1.807, 2.05) is 25.9 Å².